The summed E-state index contributed by atoms with van der Waals surface area (Å²) in [7, 11) is 1.77. The first-order valence-corrected chi connectivity index (χ1v) is 6.07. The van der Waals surface area contributed by atoms with Crippen LogP contribution < -0.4 is 0 Å². The summed E-state index contributed by atoms with van der Waals surface area (Å²) in [6.45, 7) is 0.704. The van der Waals surface area contributed by atoms with Crippen molar-refractivity contribution in [2.45, 2.75) is 6.04 Å². The van der Waals surface area contributed by atoms with Gasteiger partial charge in [0.05, 0.1) is 12.1 Å². The molecule has 0 bridgehead atoms. The number of hydrogen-bond acceptors (Lipinski definition) is 2. The van der Waals surface area contributed by atoms with Crippen LogP contribution in [0.25, 0.3) is 0 Å². The maximum absolute atomic E-state index is 11.9. The summed E-state index contributed by atoms with van der Waals surface area (Å²) in [6, 6.07) is 9.77. The van der Waals surface area contributed by atoms with Crippen LogP contribution in [0.4, 0.5) is 4.79 Å². The minimum atomic E-state index is -0.0905. The molecule has 0 saturated carbocycles. The van der Waals surface area contributed by atoms with Gasteiger partial charge in [0.25, 0.3) is 0 Å². The van der Waals surface area contributed by atoms with Gasteiger partial charge >= 0.3 is 6.03 Å². The molecule has 5 heteroatoms. The summed E-state index contributed by atoms with van der Waals surface area (Å²) in [6.07, 6.45) is 0. The Labute approximate surface area is 109 Å². The van der Waals surface area contributed by atoms with E-state index in [1.165, 1.54) is 0 Å². The van der Waals surface area contributed by atoms with E-state index in [4.69, 9.17) is 5.26 Å². The van der Waals surface area contributed by atoms with Crippen LogP contribution in [-0.4, -0.2) is 36.0 Å². The maximum atomic E-state index is 11.9. The molecule has 1 atom stereocenters. The number of amides is 2. The molecule has 17 heavy (non-hydrogen) atoms. The average molecular weight is 294 g/mol. The van der Waals surface area contributed by atoms with E-state index in [0.29, 0.717) is 6.54 Å². The SMILES string of the molecule is CN1C(=O)N(CC#N)CC1c1ccccc1Br. The second kappa shape index (κ2) is 4.76. The zero-order valence-corrected chi connectivity index (χ0v) is 11.0. The summed E-state index contributed by atoms with van der Waals surface area (Å²) < 4.78 is 0.989. The summed E-state index contributed by atoms with van der Waals surface area (Å²) in [4.78, 5) is 15.1. The lowest BCUT2D eigenvalue weighted by molar-refractivity contribution is 0.199. The van der Waals surface area contributed by atoms with E-state index in [1.54, 1.807) is 16.8 Å². The molecule has 2 rings (SSSR count). The first kappa shape index (κ1) is 11.9. The number of nitriles is 1. The van der Waals surface area contributed by atoms with Gasteiger partial charge in [-0.15, -0.1) is 0 Å². The highest BCUT2D eigenvalue weighted by atomic mass is 79.9. The zero-order valence-electron chi connectivity index (χ0n) is 9.43. The molecular formula is C12H12BrN3O. The van der Waals surface area contributed by atoms with Crippen molar-refractivity contribution in [3.8, 4) is 6.07 Å². The molecule has 88 valence electrons. The molecular weight excluding hydrogens is 282 g/mol. The molecule has 0 aromatic heterocycles. The Morgan fingerprint density at radius 1 is 1.53 bits per heavy atom. The van der Waals surface area contributed by atoms with Gasteiger partial charge in [0, 0.05) is 18.1 Å². The van der Waals surface area contributed by atoms with Gasteiger partial charge in [-0.1, -0.05) is 34.1 Å². The van der Waals surface area contributed by atoms with Crippen LogP contribution in [0.15, 0.2) is 28.7 Å². The van der Waals surface area contributed by atoms with Crippen molar-refractivity contribution < 1.29 is 4.79 Å². The second-order valence-electron chi connectivity index (χ2n) is 3.97. The minimum Gasteiger partial charge on any atom is -0.319 e. The quantitative estimate of drug-likeness (QED) is 0.786. The van der Waals surface area contributed by atoms with E-state index in [2.05, 4.69) is 15.9 Å². The van der Waals surface area contributed by atoms with Crippen molar-refractivity contribution in [1.29, 1.82) is 5.26 Å². The molecule has 4 nitrogen and oxygen atoms in total. The summed E-state index contributed by atoms with van der Waals surface area (Å²) in [5.41, 5.74) is 1.07. The van der Waals surface area contributed by atoms with Crippen LogP contribution in [0, 0.1) is 11.3 Å². The van der Waals surface area contributed by atoms with Crippen LogP contribution in [0.5, 0.6) is 0 Å². The van der Waals surface area contributed by atoms with Crippen molar-refractivity contribution in [1.82, 2.24) is 9.80 Å². The van der Waals surface area contributed by atoms with Crippen molar-refractivity contribution >= 4 is 22.0 Å². The van der Waals surface area contributed by atoms with E-state index in [1.807, 2.05) is 30.3 Å². The number of carbonyl (C=O) groups is 1. The topological polar surface area (TPSA) is 47.3 Å². The molecule has 1 aliphatic heterocycles. The number of urea groups is 1. The van der Waals surface area contributed by atoms with E-state index >= 15 is 0 Å². The third-order valence-electron chi connectivity index (χ3n) is 2.96. The summed E-state index contributed by atoms with van der Waals surface area (Å²) >= 11 is 3.49. The van der Waals surface area contributed by atoms with Gasteiger partial charge in [-0.2, -0.15) is 5.26 Å². The van der Waals surface area contributed by atoms with Gasteiger partial charge in [-0.3, -0.25) is 0 Å². The Balaban J connectivity index is 2.27. The predicted octanol–water partition coefficient (Wildman–Crippen LogP) is 2.38. The Morgan fingerprint density at radius 2 is 2.24 bits per heavy atom. The fourth-order valence-electron chi connectivity index (χ4n) is 2.04. The number of likely N-dealkylation sites (N-methyl/N-ethyl adjacent to an activating group) is 1. The molecule has 1 fully saturated rings. The molecule has 1 unspecified atom stereocenters. The fourth-order valence-corrected chi connectivity index (χ4v) is 2.58. The maximum Gasteiger partial charge on any atom is 0.321 e. The zero-order chi connectivity index (χ0) is 12.4. The molecule has 0 N–H and O–H groups in total. The molecule has 1 aliphatic rings. The van der Waals surface area contributed by atoms with Gasteiger partial charge in [-0.05, 0) is 11.6 Å². The number of rotatable bonds is 2. The number of benzene rings is 1. The monoisotopic (exact) mass is 293 g/mol. The summed E-state index contributed by atoms with van der Waals surface area (Å²) in [5, 5.41) is 8.67. The van der Waals surface area contributed by atoms with Crippen molar-refractivity contribution in [2.24, 2.45) is 0 Å². The molecule has 1 saturated heterocycles. The lowest BCUT2D eigenvalue weighted by Gasteiger charge is -2.19. The van der Waals surface area contributed by atoms with E-state index in [0.717, 1.165) is 10.0 Å². The van der Waals surface area contributed by atoms with Crippen molar-refractivity contribution in [3.63, 3.8) is 0 Å². The van der Waals surface area contributed by atoms with Crippen LogP contribution in [0.1, 0.15) is 11.6 Å². The van der Waals surface area contributed by atoms with E-state index in [-0.39, 0.29) is 18.6 Å². The van der Waals surface area contributed by atoms with Gasteiger partial charge in [0.2, 0.25) is 0 Å². The van der Waals surface area contributed by atoms with Gasteiger partial charge < -0.3 is 9.80 Å². The van der Waals surface area contributed by atoms with Gasteiger partial charge in [-0.25, -0.2) is 4.79 Å². The molecule has 0 aliphatic carbocycles. The number of halogens is 1. The largest absolute Gasteiger partial charge is 0.321 e. The number of hydrogen-bond donors (Lipinski definition) is 0. The van der Waals surface area contributed by atoms with E-state index < -0.39 is 0 Å². The fraction of sp³-hybridized carbons (Fsp3) is 0.333. The Morgan fingerprint density at radius 3 is 2.88 bits per heavy atom. The smallest absolute Gasteiger partial charge is 0.319 e. The third kappa shape index (κ3) is 2.13. The Kier molecular flexibility index (Phi) is 3.34. The highest BCUT2D eigenvalue weighted by Gasteiger charge is 2.35. The first-order valence-electron chi connectivity index (χ1n) is 5.28. The lowest BCUT2D eigenvalue weighted by atomic mass is 10.1. The Hall–Kier alpha value is -1.54. The standard InChI is InChI=1S/C12H12BrN3O/c1-15-11(8-16(7-6-14)12(15)17)9-4-2-3-5-10(9)13/h2-5,11H,7-8H2,1H3. The highest BCUT2D eigenvalue weighted by molar-refractivity contribution is 9.10. The molecule has 0 radical (unpaired) electrons. The van der Waals surface area contributed by atoms with Crippen LogP contribution >= 0.6 is 15.9 Å². The molecule has 1 heterocycles. The van der Waals surface area contributed by atoms with Gasteiger partial charge in [0.1, 0.15) is 6.54 Å². The van der Waals surface area contributed by atoms with Crippen molar-refractivity contribution in [3.05, 3.63) is 34.3 Å². The second-order valence-corrected chi connectivity index (χ2v) is 4.82. The summed E-state index contributed by atoms with van der Waals surface area (Å²) in [5.74, 6) is 0. The van der Waals surface area contributed by atoms with Crippen molar-refractivity contribution in [2.75, 3.05) is 20.1 Å². The predicted molar refractivity (Wildman–Crippen MR) is 67.2 cm³/mol. The molecule has 1 aromatic carbocycles. The first-order chi connectivity index (χ1) is 8.15. The van der Waals surface area contributed by atoms with Gasteiger partial charge in [0.15, 0.2) is 0 Å². The van der Waals surface area contributed by atoms with Crippen LogP contribution in [0.2, 0.25) is 0 Å². The highest BCUT2D eigenvalue weighted by Crippen LogP contribution is 2.32. The minimum absolute atomic E-state index is 0.00595. The lowest BCUT2D eigenvalue weighted by Crippen LogP contribution is -2.29. The molecule has 2 amide bonds. The van der Waals surface area contributed by atoms with Crippen LogP contribution in [-0.2, 0) is 0 Å². The third-order valence-corrected chi connectivity index (χ3v) is 3.68. The number of carbonyl (C=O) groups excluding carboxylic acids is 1. The number of nitrogens with zero attached hydrogens (tertiary/aromatic N) is 3. The average Bonchev–Trinajstić information content (AvgIpc) is 2.59. The normalized spacial score (nSPS) is 19.6. The van der Waals surface area contributed by atoms with Crippen LogP contribution in [0.3, 0.4) is 0 Å². The Bertz CT molecular complexity index is 483. The molecule has 0 spiro atoms. The van der Waals surface area contributed by atoms with E-state index in [9.17, 15) is 4.79 Å². The molecule has 1 aromatic rings.